The van der Waals surface area contributed by atoms with Gasteiger partial charge in [0.15, 0.2) is 0 Å². The van der Waals surface area contributed by atoms with Crippen LogP contribution in [0.25, 0.3) is 0 Å². The number of carbonyl (C=O) groups is 1. The highest BCUT2D eigenvalue weighted by Gasteiger charge is 2.53. The zero-order chi connectivity index (χ0) is 14.3. The summed E-state index contributed by atoms with van der Waals surface area (Å²) in [6, 6.07) is 3.86. The molecule has 0 bridgehead atoms. The molecule has 2 unspecified atom stereocenters. The van der Waals surface area contributed by atoms with Crippen LogP contribution < -0.4 is 20.1 Å². The van der Waals surface area contributed by atoms with Crippen molar-refractivity contribution >= 4 is 18.3 Å². The molecule has 0 aromatic heterocycles. The van der Waals surface area contributed by atoms with E-state index in [1.807, 2.05) is 6.92 Å². The monoisotopic (exact) mass is 312 g/mol. The molecule has 2 atom stereocenters. The fraction of sp³-hybridized carbons (Fsp3) is 0.533. The Balaban J connectivity index is 0.00000161. The SMILES string of the molecule is COc1cc(C(=O)NC2C3CNCC32)cc(OC)c1C.Cl. The minimum absolute atomic E-state index is 0. The summed E-state index contributed by atoms with van der Waals surface area (Å²) in [6.45, 7) is 3.93. The van der Waals surface area contributed by atoms with Crippen LogP contribution in [0.1, 0.15) is 15.9 Å². The van der Waals surface area contributed by atoms with Crippen LogP contribution in [-0.4, -0.2) is 39.3 Å². The summed E-state index contributed by atoms with van der Waals surface area (Å²) in [5, 5.41) is 6.42. The number of fused-ring (bicyclic) bond motifs is 1. The van der Waals surface area contributed by atoms with Crippen molar-refractivity contribution in [2.24, 2.45) is 11.8 Å². The molecule has 1 aliphatic carbocycles. The predicted octanol–water partition coefficient (Wildman–Crippen LogP) is 1.38. The highest BCUT2D eigenvalue weighted by Crippen LogP contribution is 2.41. The molecule has 1 saturated carbocycles. The predicted molar refractivity (Wildman–Crippen MR) is 82.6 cm³/mol. The summed E-state index contributed by atoms with van der Waals surface area (Å²) in [4.78, 5) is 12.3. The van der Waals surface area contributed by atoms with Crippen LogP contribution in [0.3, 0.4) is 0 Å². The van der Waals surface area contributed by atoms with Crippen LogP contribution in [0.4, 0.5) is 0 Å². The van der Waals surface area contributed by atoms with Gasteiger partial charge in [-0.25, -0.2) is 0 Å². The standard InChI is InChI=1S/C15H20N2O3.ClH/c1-8-12(19-2)4-9(5-13(8)20-3)15(18)17-14-10-6-16-7-11(10)14;/h4-5,10-11,14,16H,6-7H2,1-3H3,(H,17,18);1H. The van der Waals surface area contributed by atoms with Gasteiger partial charge < -0.3 is 20.1 Å². The lowest BCUT2D eigenvalue weighted by atomic mass is 10.1. The van der Waals surface area contributed by atoms with Crippen molar-refractivity contribution in [3.63, 3.8) is 0 Å². The summed E-state index contributed by atoms with van der Waals surface area (Å²) < 4.78 is 10.6. The van der Waals surface area contributed by atoms with E-state index in [1.165, 1.54) is 0 Å². The van der Waals surface area contributed by atoms with Crippen LogP contribution in [0.15, 0.2) is 12.1 Å². The molecule has 1 amide bonds. The van der Waals surface area contributed by atoms with E-state index in [0.717, 1.165) is 18.7 Å². The molecule has 1 aromatic rings. The molecule has 1 heterocycles. The molecule has 2 N–H and O–H groups in total. The van der Waals surface area contributed by atoms with Gasteiger partial charge in [-0.2, -0.15) is 0 Å². The summed E-state index contributed by atoms with van der Waals surface area (Å²) in [5.74, 6) is 2.50. The number of amides is 1. The van der Waals surface area contributed by atoms with Gasteiger partial charge >= 0.3 is 0 Å². The normalized spacial score (nSPS) is 25.6. The van der Waals surface area contributed by atoms with Crippen molar-refractivity contribution in [1.29, 1.82) is 0 Å². The maximum absolute atomic E-state index is 12.3. The molecule has 3 rings (SSSR count). The maximum Gasteiger partial charge on any atom is 0.251 e. The molecule has 2 aliphatic rings. The van der Waals surface area contributed by atoms with E-state index in [-0.39, 0.29) is 18.3 Å². The molecule has 5 nitrogen and oxygen atoms in total. The summed E-state index contributed by atoms with van der Waals surface area (Å²) in [5.41, 5.74) is 1.49. The van der Waals surface area contributed by atoms with Crippen molar-refractivity contribution in [3.8, 4) is 11.5 Å². The molecule has 0 spiro atoms. The zero-order valence-electron chi connectivity index (χ0n) is 12.4. The quantitative estimate of drug-likeness (QED) is 0.882. The molecule has 1 aromatic carbocycles. The summed E-state index contributed by atoms with van der Waals surface area (Å²) in [6.07, 6.45) is 0. The topological polar surface area (TPSA) is 59.6 Å². The van der Waals surface area contributed by atoms with Gasteiger partial charge in [0, 0.05) is 30.3 Å². The van der Waals surface area contributed by atoms with E-state index in [9.17, 15) is 4.79 Å². The Morgan fingerprint density at radius 3 is 2.19 bits per heavy atom. The first-order valence-electron chi connectivity index (χ1n) is 6.90. The van der Waals surface area contributed by atoms with Crippen molar-refractivity contribution in [1.82, 2.24) is 10.6 Å². The third-order valence-electron chi connectivity index (χ3n) is 4.40. The Labute approximate surface area is 130 Å². The maximum atomic E-state index is 12.3. The summed E-state index contributed by atoms with van der Waals surface area (Å²) >= 11 is 0. The van der Waals surface area contributed by atoms with Gasteiger partial charge in [0.05, 0.1) is 14.2 Å². The number of hydrogen-bond donors (Lipinski definition) is 2. The number of methoxy groups -OCH3 is 2. The van der Waals surface area contributed by atoms with Crippen LogP contribution in [0, 0.1) is 18.8 Å². The molecule has 0 radical (unpaired) electrons. The second kappa shape index (κ2) is 6.12. The van der Waals surface area contributed by atoms with Crippen molar-refractivity contribution in [2.45, 2.75) is 13.0 Å². The smallest absolute Gasteiger partial charge is 0.251 e. The van der Waals surface area contributed by atoms with Gasteiger partial charge in [0.2, 0.25) is 0 Å². The van der Waals surface area contributed by atoms with E-state index in [2.05, 4.69) is 10.6 Å². The number of halogens is 1. The van der Waals surface area contributed by atoms with Gasteiger partial charge in [-0.05, 0) is 30.9 Å². The fourth-order valence-corrected chi connectivity index (χ4v) is 3.08. The first-order valence-corrected chi connectivity index (χ1v) is 6.90. The first kappa shape index (κ1) is 15.9. The molecular formula is C15H21ClN2O3. The van der Waals surface area contributed by atoms with E-state index in [4.69, 9.17) is 9.47 Å². The highest BCUT2D eigenvalue weighted by molar-refractivity contribution is 5.95. The number of ether oxygens (including phenoxy) is 2. The summed E-state index contributed by atoms with van der Waals surface area (Å²) in [7, 11) is 3.20. The van der Waals surface area contributed by atoms with Gasteiger partial charge in [-0.1, -0.05) is 0 Å². The number of hydrogen-bond acceptors (Lipinski definition) is 4. The largest absolute Gasteiger partial charge is 0.496 e. The van der Waals surface area contributed by atoms with Crippen LogP contribution in [-0.2, 0) is 0 Å². The third kappa shape index (κ3) is 2.80. The Kier molecular flexibility index (Phi) is 4.64. The second-order valence-electron chi connectivity index (χ2n) is 5.49. The van der Waals surface area contributed by atoms with Gasteiger partial charge in [-0.15, -0.1) is 12.4 Å². The van der Waals surface area contributed by atoms with Crippen LogP contribution in [0.5, 0.6) is 11.5 Å². The van der Waals surface area contributed by atoms with Crippen LogP contribution in [0.2, 0.25) is 0 Å². The lowest BCUT2D eigenvalue weighted by molar-refractivity contribution is 0.0946. The molecule has 1 aliphatic heterocycles. The zero-order valence-corrected chi connectivity index (χ0v) is 13.3. The van der Waals surface area contributed by atoms with Gasteiger partial charge in [0.1, 0.15) is 11.5 Å². The van der Waals surface area contributed by atoms with E-state index >= 15 is 0 Å². The number of benzene rings is 1. The lowest BCUT2D eigenvalue weighted by Gasteiger charge is -2.13. The van der Waals surface area contributed by atoms with Crippen molar-refractivity contribution in [2.75, 3.05) is 27.3 Å². The number of piperidine rings is 1. The van der Waals surface area contributed by atoms with E-state index in [1.54, 1.807) is 26.4 Å². The number of nitrogens with one attached hydrogen (secondary N) is 2. The van der Waals surface area contributed by atoms with Gasteiger partial charge in [0.25, 0.3) is 5.91 Å². The lowest BCUT2D eigenvalue weighted by Crippen LogP contribution is -2.32. The first-order chi connectivity index (χ1) is 9.65. The van der Waals surface area contributed by atoms with E-state index < -0.39 is 0 Å². The average molecular weight is 313 g/mol. The molecule has 6 heteroatoms. The molecule has 21 heavy (non-hydrogen) atoms. The third-order valence-corrected chi connectivity index (χ3v) is 4.40. The molecular weight excluding hydrogens is 292 g/mol. The Hall–Kier alpha value is -1.46. The second-order valence-corrected chi connectivity index (χ2v) is 5.49. The van der Waals surface area contributed by atoms with Crippen LogP contribution >= 0.6 is 12.4 Å². The highest BCUT2D eigenvalue weighted by atomic mass is 35.5. The Bertz CT molecular complexity index is 515. The molecule has 2 fully saturated rings. The Morgan fingerprint density at radius 1 is 1.19 bits per heavy atom. The fourth-order valence-electron chi connectivity index (χ4n) is 3.08. The molecule has 1 saturated heterocycles. The minimum atomic E-state index is -0.0546. The van der Waals surface area contributed by atoms with Gasteiger partial charge in [-0.3, -0.25) is 4.79 Å². The Morgan fingerprint density at radius 2 is 1.71 bits per heavy atom. The molecule has 116 valence electrons. The minimum Gasteiger partial charge on any atom is -0.496 e. The number of carbonyl (C=O) groups excluding carboxylic acids is 1. The number of rotatable bonds is 4. The van der Waals surface area contributed by atoms with Crippen molar-refractivity contribution < 1.29 is 14.3 Å². The van der Waals surface area contributed by atoms with Crippen molar-refractivity contribution in [3.05, 3.63) is 23.3 Å². The average Bonchev–Trinajstić information content (AvgIpc) is 2.89. The van der Waals surface area contributed by atoms with E-state index in [0.29, 0.717) is 34.9 Å².